The van der Waals surface area contributed by atoms with E-state index in [1.54, 1.807) is 19.1 Å². The van der Waals surface area contributed by atoms with Crippen LogP contribution in [0.3, 0.4) is 0 Å². The van der Waals surface area contributed by atoms with E-state index in [1.807, 2.05) is 30.3 Å². The molecule has 0 amide bonds. The van der Waals surface area contributed by atoms with Gasteiger partial charge in [-0.2, -0.15) is 0 Å². The summed E-state index contributed by atoms with van der Waals surface area (Å²) in [5, 5.41) is 3.30. The van der Waals surface area contributed by atoms with Crippen LogP contribution in [0.1, 0.15) is 22.8 Å². The smallest absolute Gasteiger partial charge is 0.338 e. The quantitative estimate of drug-likeness (QED) is 0.702. The summed E-state index contributed by atoms with van der Waals surface area (Å²) in [5.41, 5.74) is 2.59. The van der Waals surface area contributed by atoms with Crippen LogP contribution in [0.15, 0.2) is 51.4 Å². The number of anilines is 1. The molecule has 0 unspecified atom stereocenters. The minimum absolute atomic E-state index is 0.299. The average Bonchev–Trinajstić information content (AvgIpc) is 2.49. The molecular weight excluding hydrogens is 398 g/mol. The SMILES string of the molecule is CCOC(=O)c1cccc(NCc2ccc(Br)c(Br)c2)c1. The van der Waals surface area contributed by atoms with Crippen LogP contribution in [-0.4, -0.2) is 12.6 Å². The van der Waals surface area contributed by atoms with Crippen LogP contribution in [0, 0.1) is 0 Å². The van der Waals surface area contributed by atoms with Crippen molar-refractivity contribution in [3.8, 4) is 0 Å². The number of carbonyl (C=O) groups excluding carboxylic acids is 1. The van der Waals surface area contributed by atoms with Crippen molar-refractivity contribution in [1.82, 2.24) is 0 Å². The van der Waals surface area contributed by atoms with Crippen LogP contribution in [0.2, 0.25) is 0 Å². The molecule has 1 N–H and O–H groups in total. The second kappa shape index (κ2) is 7.61. The number of hydrogen-bond donors (Lipinski definition) is 1. The molecule has 0 saturated heterocycles. The molecule has 0 spiro atoms. The van der Waals surface area contributed by atoms with Gasteiger partial charge in [0.15, 0.2) is 0 Å². The van der Waals surface area contributed by atoms with Crippen molar-refractivity contribution in [3.63, 3.8) is 0 Å². The van der Waals surface area contributed by atoms with E-state index in [0.29, 0.717) is 18.7 Å². The Morgan fingerprint density at radius 1 is 1.14 bits per heavy atom. The first-order chi connectivity index (χ1) is 10.1. The molecule has 0 atom stereocenters. The van der Waals surface area contributed by atoms with Gasteiger partial charge >= 0.3 is 5.97 Å². The molecule has 3 nitrogen and oxygen atoms in total. The third-order valence-corrected chi connectivity index (χ3v) is 4.73. The molecule has 21 heavy (non-hydrogen) atoms. The van der Waals surface area contributed by atoms with E-state index in [0.717, 1.165) is 20.2 Å². The van der Waals surface area contributed by atoms with Gasteiger partial charge in [-0.1, -0.05) is 12.1 Å². The zero-order valence-electron chi connectivity index (χ0n) is 11.5. The summed E-state index contributed by atoms with van der Waals surface area (Å²) in [6, 6.07) is 13.4. The molecule has 0 aliphatic heterocycles. The minimum atomic E-state index is -0.299. The predicted octanol–water partition coefficient (Wildman–Crippen LogP) is 5.00. The lowest BCUT2D eigenvalue weighted by molar-refractivity contribution is 0.0526. The fourth-order valence-corrected chi connectivity index (χ4v) is 2.50. The van der Waals surface area contributed by atoms with Crippen LogP contribution in [0.25, 0.3) is 0 Å². The van der Waals surface area contributed by atoms with Gasteiger partial charge < -0.3 is 10.1 Å². The highest BCUT2D eigenvalue weighted by atomic mass is 79.9. The molecule has 110 valence electrons. The summed E-state index contributed by atoms with van der Waals surface area (Å²) in [6.07, 6.45) is 0. The molecule has 0 aliphatic rings. The van der Waals surface area contributed by atoms with Gasteiger partial charge in [0.1, 0.15) is 0 Å². The fraction of sp³-hybridized carbons (Fsp3) is 0.188. The molecule has 0 aliphatic carbocycles. The Morgan fingerprint density at radius 3 is 2.67 bits per heavy atom. The van der Waals surface area contributed by atoms with Gasteiger partial charge in [-0.15, -0.1) is 0 Å². The molecule has 5 heteroatoms. The normalized spacial score (nSPS) is 10.2. The van der Waals surface area contributed by atoms with Gasteiger partial charge in [0.25, 0.3) is 0 Å². The third-order valence-electron chi connectivity index (χ3n) is 2.85. The number of nitrogens with one attached hydrogen (secondary N) is 1. The van der Waals surface area contributed by atoms with Gasteiger partial charge in [-0.05, 0) is 74.7 Å². The zero-order valence-corrected chi connectivity index (χ0v) is 14.7. The molecule has 2 aromatic carbocycles. The van der Waals surface area contributed by atoms with E-state index in [1.165, 1.54) is 0 Å². The lowest BCUT2D eigenvalue weighted by atomic mass is 10.2. The molecule has 0 bridgehead atoms. The Labute approximate surface area is 141 Å². The van der Waals surface area contributed by atoms with Crippen LogP contribution in [0.4, 0.5) is 5.69 Å². The first-order valence-corrected chi connectivity index (χ1v) is 8.13. The van der Waals surface area contributed by atoms with E-state index in [2.05, 4.69) is 37.2 Å². The maximum Gasteiger partial charge on any atom is 0.338 e. The van der Waals surface area contributed by atoms with Gasteiger partial charge in [0, 0.05) is 21.2 Å². The number of benzene rings is 2. The number of hydrogen-bond acceptors (Lipinski definition) is 3. The third kappa shape index (κ3) is 4.58. The van der Waals surface area contributed by atoms with Crippen molar-refractivity contribution in [2.75, 3.05) is 11.9 Å². The second-order valence-corrected chi connectivity index (χ2v) is 6.11. The van der Waals surface area contributed by atoms with Gasteiger partial charge in [-0.3, -0.25) is 0 Å². The van der Waals surface area contributed by atoms with Gasteiger partial charge in [0.2, 0.25) is 0 Å². The van der Waals surface area contributed by atoms with E-state index in [9.17, 15) is 4.79 Å². The highest BCUT2D eigenvalue weighted by Crippen LogP contribution is 2.24. The van der Waals surface area contributed by atoms with Crippen LogP contribution < -0.4 is 5.32 Å². The Kier molecular flexibility index (Phi) is 5.82. The molecule has 0 saturated carbocycles. The van der Waals surface area contributed by atoms with Crippen molar-refractivity contribution >= 4 is 43.5 Å². The molecule has 2 aromatic rings. The van der Waals surface area contributed by atoms with Crippen molar-refractivity contribution in [2.24, 2.45) is 0 Å². The van der Waals surface area contributed by atoms with Crippen LogP contribution in [-0.2, 0) is 11.3 Å². The highest BCUT2D eigenvalue weighted by Gasteiger charge is 2.06. The Balaban J connectivity index is 2.04. The summed E-state index contributed by atoms with van der Waals surface area (Å²) in [7, 11) is 0. The largest absolute Gasteiger partial charge is 0.462 e. The maximum atomic E-state index is 11.7. The van der Waals surface area contributed by atoms with Gasteiger partial charge in [-0.25, -0.2) is 4.79 Å². The summed E-state index contributed by atoms with van der Waals surface area (Å²) in [4.78, 5) is 11.7. The Morgan fingerprint density at radius 2 is 1.95 bits per heavy atom. The molecule has 0 heterocycles. The lowest BCUT2D eigenvalue weighted by Crippen LogP contribution is -2.06. The fourth-order valence-electron chi connectivity index (χ4n) is 1.82. The van der Waals surface area contributed by atoms with Crippen molar-refractivity contribution in [2.45, 2.75) is 13.5 Å². The summed E-state index contributed by atoms with van der Waals surface area (Å²) < 4.78 is 7.04. The first kappa shape index (κ1) is 16.0. The van der Waals surface area contributed by atoms with Crippen LogP contribution >= 0.6 is 31.9 Å². The number of rotatable bonds is 5. The maximum absolute atomic E-state index is 11.7. The molecule has 0 aromatic heterocycles. The van der Waals surface area contributed by atoms with E-state index in [4.69, 9.17) is 4.74 Å². The highest BCUT2D eigenvalue weighted by molar-refractivity contribution is 9.13. The molecule has 0 radical (unpaired) electrons. The monoisotopic (exact) mass is 411 g/mol. The van der Waals surface area contributed by atoms with Crippen LogP contribution in [0.5, 0.6) is 0 Å². The van der Waals surface area contributed by atoms with E-state index >= 15 is 0 Å². The number of halogens is 2. The zero-order chi connectivity index (χ0) is 15.2. The van der Waals surface area contributed by atoms with Crippen molar-refractivity contribution < 1.29 is 9.53 Å². The molecule has 0 fully saturated rings. The first-order valence-electron chi connectivity index (χ1n) is 6.55. The number of carbonyl (C=O) groups is 1. The summed E-state index contributed by atoms with van der Waals surface area (Å²) in [6.45, 7) is 2.85. The molecule has 2 rings (SSSR count). The summed E-state index contributed by atoms with van der Waals surface area (Å²) in [5.74, 6) is -0.299. The minimum Gasteiger partial charge on any atom is -0.462 e. The second-order valence-electron chi connectivity index (χ2n) is 4.40. The van der Waals surface area contributed by atoms with Crippen molar-refractivity contribution in [1.29, 1.82) is 0 Å². The Hall–Kier alpha value is -1.33. The van der Waals surface area contributed by atoms with Gasteiger partial charge in [0.05, 0.1) is 12.2 Å². The van der Waals surface area contributed by atoms with Crippen molar-refractivity contribution in [3.05, 3.63) is 62.5 Å². The number of esters is 1. The van der Waals surface area contributed by atoms with E-state index in [-0.39, 0.29) is 5.97 Å². The lowest BCUT2D eigenvalue weighted by Gasteiger charge is -2.09. The summed E-state index contributed by atoms with van der Waals surface area (Å²) >= 11 is 6.93. The van der Waals surface area contributed by atoms with E-state index < -0.39 is 0 Å². The topological polar surface area (TPSA) is 38.3 Å². The average molecular weight is 413 g/mol. The number of ether oxygens (including phenoxy) is 1. The Bertz CT molecular complexity index is 644. The molecular formula is C16H15Br2NO2. The predicted molar refractivity (Wildman–Crippen MR) is 91.6 cm³/mol. The standard InChI is InChI=1S/C16H15Br2NO2/c1-2-21-16(20)12-4-3-5-13(9-12)19-10-11-6-7-14(17)15(18)8-11/h3-9,19H,2,10H2,1H3.